The van der Waals surface area contributed by atoms with Gasteiger partial charge in [-0.25, -0.2) is 4.98 Å². The Hall–Kier alpha value is -0.940. The second-order valence-corrected chi connectivity index (χ2v) is 6.14. The van der Waals surface area contributed by atoms with E-state index in [9.17, 15) is 4.79 Å². The molecule has 2 rings (SSSR count). The van der Waals surface area contributed by atoms with Crippen molar-refractivity contribution in [2.24, 2.45) is 5.73 Å². The van der Waals surface area contributed by atoms with Crippen molar-refractivity contribution in [3.05, 3.63) is 16.1 Å². The Kier molecular flexibility index (Phi) is 4.35. The summed E-state index contributed by atoms with van der Waals surface area (Å²) in [5.41, 5.74) is 5.47. The van der Waals surface area contributed by atoms with Crippen LogP contribution in [0.3, 0.4) is 0 Å². The molecule has 1 aliphatic carbocycles. The van der Waals surface area contributed by atoms with E-state index in [1.54, 1.807) is 11.3 Å². The Morgan fingerprint density at radius 2 is 2.28 bits per heavy atom. The van der Waals surface area contributed by atoms with E-state index in [1.165, 1.54) is 4.88 Å². The highest BCUT2D eigenvalue weighted by atomic mass is 32.1. The van der Waals surface area contributed by atoms with Crippen LogP contribution in [-0.4, -0.2) is 23.0 Å². The van der Waals surface area contributed by atoms with Crippen LogP contribution in [0.15, 0.2) is 6.20 Å². The van der Waals surface area contributed by atoms with Gasteiger partial charge < -0.3 is 11.1 Å². The molecular formula is C13H21N3OS. The summed E-state index contributed by atoms with van der Waals surface area (Å²) in [6.07, 6.45) is 7.50. The third-order valence-electron chi connectivity index (χ3n) is 3.52. The number of amides is 1. The van der Waals surface area contributed by atoms with Crippen LogP contribution in [0, 0.1) is 0 Å². The van der Waals surface area contributed by atoms with Crippen LogP contribution in [0.5, 0.6) is 0 Å². The number of rotatable bonds is 5. The van der Waals surface area contributed by atoms with Crippen molar-refractivity contribution in [1.82, 2.24) is 10.3 Å². The van der Waals surface area contributed by atoms with Gasteiger partial charge in [0.2, 0.25) is 5.91 Å². The van der Waals surface area contributed by atoms with Crippen molar-refractivity contribution in [1.29, 1.82) is 0 Å². The molecule has 1 heterocycles. The molecule has 0 saturated heterocycles. The number of aryl methyl sites for hydroxylation is 1. The lowest BCUT2D eigenvalue weighted by Crippen LogP contribution is -2.52. The Balaban J connectivity index is 1.76. The van der Waals surface area contributed by atoms with Crippen molar-refractivity contribution < 1.29 is 4.79 Å². The second-order valence-electron chi connectivity index (χ2n) is 4.94. The minimum Gasteiger partial charge on any atom is -0.354 e. The van der Waals surface area contributed by atoms with Crippen LogP contribution in [0.4, 0.5) is 0 Å². The van der Waals surface area contributed by atoms with E-state index in [0.29, 0.717) is 6.54 Å². The Morgan fingerprint density at radius 1 is 1.56 bits per heavy atom. The van der Waals surface area contributed by atoms with Gasteiger partial charge in [-0.2, -0.15) is 0 Å². The molecule has 0 aliphatic heterocycles. The first-order valence-electron chi connectivity index (χ1n) is 6.65. The van der Waals surface area contributed by atoms with Gasteiger partial charge in [0.25, 0.3) is 0 Å². The first kappa shape index (κ1) is 13.5. The number of hydrogen-bond donors (Lipinski definition) is 2. The maximum absolute atomic E-state index is 12.0. The molecule has 1 saturated carbocycles. The fraction of sp³-hybridized carbons (Fsp3) is 0.692. The van der Waals surface area contributed by atoms with E-state index in [0.717, 1.165) is 43.5 Å². The number of nitrogens with two attached hydrogens (primary N) is 1. The Bertz CT molecular complexity index is 410. The molecule has 0 atom stereocenters. The summed E-state index contributed by atoms with van der Waals surface area (Å²) in [5.74, 6) is 0.00673. The largest absolute Gasteiger partial charge is 0.354 e. The van der Waals surface area contributed by atoms with Crippen LogP contribution in [0.25, 0.3) is 0 Å². The third-order valence-corrected chi connectivity index (χ3v) is 4.72. The normalized spacial score (nSPS) is 17.9. The average molecular weight is 267 g/mol. The molecule has 1 amide bonds. The zero-order chi connectivity index (χ0) is 13.0. The van der Waals surface area contributed by atoms with Crippen LogP contribution in [0.1, 0.15) is 42.5 Å². The van der Waals surface area contributed by atoms with E-state index in [-0.39, 0.29) is 5.91 Å². The molecular weight excluding hydrogens is 246 g/mol. The van der Waals surface area contributed by atoms with Crippen LogP contribution < -0.4 is 11.1 Å². The predicted molar refractivity (Wildman–Crippen MR) is 73.6 cm³/mol. The Morgan fingerprint density at radius 3 is 2.89 bits per heavy atom. The third kappa shape index (κ3) is 3.09. The topological polar surface area (TPSA) is 68.0 Å². The molecule has 4 nitrogen and oxygen atoms in total. The highest BCUT2D eigenvalue weighted by molar-refractivity contribution is 7.11. The molecule has 18 heavy (non-hydrogen) atoms. The summed E-state index contributed by atoms with van der Waals surface area (Å²) >= 11 is 1.72. The van der Waals surface area contributed by atoms with Crippen molar-refractivity contribution in [2.45, 2.75) is 51.0 Å². The summed E-state index contributed by atoms with van der Waals surface area (Å²) in [6, 6.07) is 0. The number of carbonyl (C=O) groups is 1. The highest BCUT2D eigenvalue weighted by Crippen LogP contribution is 2.27. The van der Waals surface area contributed by atoms with Crippen LogP contribution >= 0.6 is 11.3 Å². The fourth-order valence-electron chi connectivity index (χ4n) is 2.32. The maximum atomic E-state index is 12.0. The van der Waals surface area contributed by atoms with Crippen LogP contribution in [0.2, 0.25) is 0 Å². The quantitative estimate of drug-likeness (QED) is 0.852. The summed E-state index contributed by atoms with van der Waals surface area (Å²) in [5, 5.41) is 4.03. The van der Waals surface area contributed by atoms with E-state index >= 15 is 0 Å². The lowest BCUT2D eigenvalue weighted by atomic mass is 9.98. The van der Waals surface area contributed by atoms with Gasteiger partial charge in [0, 0.05) is 24.0 Å². The summed E-state index contributed by atoms with van der Waals surface area (Å²) in [4.78, 5) is 17.6. The zero-order valence-electron chi connectivity index (χ0n) is 10.9. The first-order valence-corrected chi connectivity index (χ1v) is 7.46. The van der Waals surface area contributed by atoms with Gasteiger partial charge in [-0.1, -0.05) is 19.8 Å². The van der Waals surface area contributed by atoms with Gasteiger partial charge >= 0.3 is 0 Å². The maximum Gasteiger partial charge on any atom is 0.240 e. The van der Waals surface area contributed by atoms with Crippen molar-refractivity contribution in [2.75, 3.05) is 6.54 Å². The molecule has 0 aromatic carbocycles. The monoisotopic (exact) mass is 267 g/mol. The summed E-state index contributed by atoms with van der Waals surface area (Å²) < 4.78 is 0. The highest BCUT2D eigenvalue weighted by Gasteiger charge is 2.36. The predicted octanol–water partition coefficient (Wildman–Crippen LogP) is 1.64. The molecule has 0 spiro atoms. The number of thiazole rings is 1. The van der Waals surface area contributed by atoms with Gasteiger partial charge in [0.15, 0.2) is 0 Å². The number of carbonyl (C=O) groups excluding carboxylic acids is 1. The molecule has 5 heteroatoms. The number of nitrogens with one attached hydrogen (secondary N) is 1. The summed E-state index contributed by atoms with van der Waals surface area (Å²) in [6.45, 7) is 2.76. The molecule has 1 fully saturated rings. The van der Waals surface area contributed by atoms with E-state index in [2.05, 4.69) is 17.2 Å². The lowest BCUT2D eigenvalue weighted by Gasteiger charge is -2.21. The molecule has 0 unspecified atom stereocenters. The minimum absolute atomic E-state index is 0.00673. The molecule has 3 N–H and O–H groups in total. The SMILES string of the molecule is CCc1cnc(CCNC(=O)C2(N)CCCC2)s1. The molecule has 1 aromatic heterocycles. The molecule has 0 bridgehead atoms. The van der Waals surface area contributed by atoms with Crippen LogP contribution in [-0.2, 0) is 17.6 Å². The van der Waals surface area contributed by atoms with Gasteiger partial charge in [-0.15, -0.1) is 11.3 Å². The number of hydrogen-bond acceptors (Lipinski definition) is 4. The average Bonchev–Trinajstić information content (AvgIpc) is 2.99. The second kappa shape index (κ2) is 5.80. The number of aromatic nitrogens is 1. The van der Waals surface area contributed by atoms with Crippen molar-refractivity contribution in [3.8, 4) is 0 Å². The van der Waals surface area contributed by atoms with E-state index < -0.39 is 5.54 Å². The first-order chi connectivity index (χ1) is 8.64. The van der Waals surface area contributed by atoms with E-state index in [4.69, 9.17) is 5.73 Å². The Labute approximate surface area is 112 Å². The van der Waals surface area contributed by atoms with Crippen molar-refractivity contribution >= 4 is 17.2 Å². The standard InChI is InChI=1S/C13H21N3OS/c1-2-10-9-16-11(18-10)5-8-15-12(17)13(14)6-3-4-7-13/h9H,2-8,14H2,1H3,(H,15,17). The minimum atomic E-state index is -0.614. The smallest absolute Gasteiger partial charge is 0.240 e. The molecule has 1 aromatic rings. The zero-order valence-corrected chi connectivity index (χ0v) is 11.7. The van der Waals surface area contributed by atoms with Gasteiger partial charge in [-0.3, -0.25) is 4.79 Å². The van der Waals surface area contributed by atoms with Gasteiger partial charge in [-0.05, 0) is 19.3 Å². The molecule has 0 radical (unpaired) electrons. The lowest BCUT2D eigenvalue weighted by molar-refractivity contribution is -0.126. The van der Waals surface area contributed by atoms with E-state index in [1.807, 2.05) is 6.20 Å². The van der Waals surface area contributed by atoms with Gasteiger partial charge in [0.05, 0.1) is 10.5 Å². The number of nitrogens with zero attached hydrogens (tertiary/aromatic N) is 1. The van der Waals surface area contributed by atoms with Crippen molar-refractivity contribution in [3.63, 3.8) is 0 Å². The van der Waals surface area contributed by atoms with Gasteiger partial charge in [0.1, 0.15) is 0 Å². The summed E-state index contributed by atoms with van der Waals surface area (Å²) in [7, 11) is 0. The fourth-order valence-corrected chi connectivity index (χ4v) is 3.18. The molecule has 1 aliphatic rings. The molecule has 100 valence electrons.